The van der Waals surface area contributed by atoms with E-state index < -0.39 is 12.1 Å². The van der Waals surface area contributed by atoms with Crippen LogP contribution in [0.15, 0.2) is 30.5 Å². The Morgan fingerprint density at radius 2 is 1.95 bits per heavy atom. The lowest BCUT2D eigenvalue weighted by molar-refractivity contribution is -0.182. The highest BCUT2D eigenvalue weighted by Gasteiger charge is 2.41. The number of alkyl halides is 3. The van der Waals surface area contributed by atoms with Gasteiger partial charge in [-0.2, -0.15) is 13.2 Å². The summed E-state index contributed by atoms with van der Waals surface area (Å²) in [6.07, 6.45) is -1.94. The quantitative estimate of drug-likeness (QED) is 0.925. The van der Waals surface area contributed by atoms with E-state index in [9.17, 15) is 13.2 Å². The van der Waals surface area contributed by atoms with E-state index in [1.807, 2.05) is 24.3 Å². The number of halogens is 3. The minimum Gasteiger partial charge on any atom is -0.334 e. The molecule has 1 unspecified atom stereocenters. The second kappa shape index (κ2) is 5.18. The Kier molecular flexibility index (Phi) is 3.49. The molecule has 2 aromatic rings. The topological polar surface area (TPSA) is 43.8 Å². The molecule has 0 aliphatic carbocycles. The van der Waals surface area contributed by atoms with E-state index in [1.54, 1.807) is 10.8 Å². The van der Waals surface area contributed by atoms with Crippen molar-refractivity contribution in [2.24, 2.45) is 11.7 Å². The zero-order chi connectivity index (χ0) is 15.0. The molecule has 2 heterocycles. The van der Waals surface area contributed by atoms with Crippen molar-refractivity contribution in [3.63, 3.8) is 0 Å². The average Bonchev–Trinajstić information content (AvgIpc) is 2.89. The van der Waals surface area contributed by atoms with E-state index in [0.29, 0.717) is 13.0 Å². The number of nitrogens with zero attached hydrogens (tertiary/aromatic N) is 2. The fourth-order valence-electron chi connectivity index (χ4n) is 2.66. The van der Waals surface area contributed by atoms with E-state index >= 15 is 0 Å². The first-order valence-electron chi connectivity index (χ1n) is 6.89. The molecule has 0 fully saturated rings. The first kappa shape index (κ1) is 14.1. The molecule has 0 spiro atoms. The van der Waals surface area contributed by atoms with Gasteiger partial charge in [0.1, 0.15) is 5.82 Å². The maximum atomic E-state index is 12.8. The first-order valence-corrected chi connectivity index (χ1v) is 6.89. The van der Waals surface area contributed by atoms with Gasteiger partial charge in [-0.1, -0.05) is 24.3 Å². The van der Waals surface area contributed by atoms with Gasteiger partial charge in [-0.3, -0.25) is 0 Å². The number of nitrogens with two attached hydrogens (primary N) is 1. The van der Waals surface area contributed by atoms with Crippen molar-refractivity contribution >= 4 is 0 Å². The third-order valence-corrected chi connectivity index (χ3v) is 3.94. The van der Waals surface area contributed by atoms with Gasteiger partial charge in [0.15, 0.2) is 0 Å². The van der Waals surface area contributed by atoms with Crippen molar-refractivity contribution in [1.29, 1.82) is 0 Å². The molecule has 6 heteroatoms. The van der Waals surface area contributed by atoms with Gasteiger partial charge < -0.3 is 10.3 Å². The highest BCUT2D eigenvalue weighted by Crippen LogP contribution is 2.35. The number of imidazole rings is 1. The van der Waals surface area contributed by atoms with Crippen LogP contribution in [0.3, 0.4) is 0 Å². The van der Waals surface area contributed by atoms with Gasteiger partial charge in [-0.25, -0.2) is 4.98 Å². The zero-order valence-corrected chi connectivity index (χ0v) is 11.4. The zero-order valence-electron chi connectivity index (χ0n) is 11.4. The number of rotatable bonds is 2. The number of aromatic nitrogens is 2. The van der Waals surface area contributed by atoms with Gasteiger partial charge in [0.25, 0.3) is 0 Å². The van der Waals surface area contributed by atoms with Crippen molar-refractivity contribution in [1.82, 2.24) is 9.55 Å². The standard InChI is InChI=1S/C15H16F3N3/c16-15(17,18)12-5-6-14-20-13(9-21(14)8-12)11-3-1-10(7-19)2-4-11/h1-4,9,12H,5-8,19H2. The van der Waals surface area contributed by atoms with Crippen LogP contribution in [0.25, 0.3) is 11.3 Å². The summed E-state index contributed by atoms with van der Waals surface area (Å²) >= 11 is 0. The van der Waals surface area contributed by atoms with Crippen LogP contribution >= 0.6 is 0 Å². The Morgan fingerprint density at radius 3 is 2.57 bits per heavy atom. The minimum atomic E-state index is -4.13. The monoisotopic (exact) mass is 295 g/mol. The molecule has 3 nitrogen and oxygen atoms in total. The molecule has 3 rings (SSSR count). The Labute approximate surface area is 120 Å². The van der Waals surface area contributed by atoms with Gasteiger partial charge >= 0.3 is 6.18 Å². The summed E-state index contributed by atoms with van der Waals surface area (Å²) in [5.41, 5.74) is 8.18. The van der Waals surface area contributed by atoms with Crippen LogP contribution in [0.2, 0.25) is 0 Å². The Balaban J connectivity index is 1.86. The minimum absolute atomic E-state index is 0.0350. The van der Waals surface area contributed by atoms with Gasteiger partial charge in [-0.05, 0) is 12.0 Å². The van der Waals surface area contributed by atoms with E-state index in [1.165, 1.54) is 0 Å². The van der Waals surface area contributed by atoms with Crippen molar-refractivity contribution in [2.45, 2.75) is 32.1 Å². The predicted octanol–water partition coefficient (Wildman–Crippen LogP) is 3.13. The van der Waals surface area contributed by atoms with Gasteiger partial charge in [0.2, 0.25) is 0 Å². The number of aryl methyl sites for hydroxylation is 1. The van der Waals surface area contributed by atoms with Crippen LogP contribution < -0.4 is 5.73 Å². The van der Waals surface area contributed by atoms with E-state index in [2.05, 4.69) is 4.98 Å². The predicted molar refractivity (Wildman–Crippen MR) is 73.4 cm³/mol. The highest BCUT2D eigenvalue weighted by atomic mass is 19.4. The lowest BCUT2D eigenvalue weighted by Crippen LogP contribution is -2.31. The second-order valence-corrected chi connectivity index (χ2v) is 5.37. The third kappa shape index (κ3) is 2.81. The maximum absolute atomic E-state index is 12.8. The molecule has 1 aliphatic heterocycles. The number of benzene rings is 1. The van der Waals surface area contributed by atoms with E-state index in [4.69, 9.17) is 5.73 Å². The molecule has 1 aliphatic rings. The molecule has 112 valence electrons. The Hall–Kier alpha value is -1.82. The molecular formula is C15H16F3N3. The van der Waals surface area contributed by atoms with E-state index in [-0.39, 0.29) is 13.0 Å². The van der Waals surface area contributed by atoms with Gasteiger partial charge in [0.05, 0.1) is 11.6 Å². The van der Waals surface area contributed by atoms with Crippen LogP contribution in [-0.2, 0) is 19.5 Å². The summed E-state index contributed by atoms with van der Waals surface area (Å²) in [6, 6.07) is 7.62. The summed E-state index contributed by atoms with van der Waals surface area (Å²) in [4.78, 5) is 4.46. The summed E-state index contributed by atoms with van der Waals surface area (Å²) in [5, 5.41) is 0. The Morgan fingerprint density at radius 1 is 1.24 bits per heavy atom. The molecule has 0 bridgehead atoms. The molecular weight excluding hydrogens is 279 g/mol. The highest BCUT2D eigenvalue weighted by molar-refractivity contribution is 5.59. The average molecular weight is 295 g/mol. The fraction of sp³-hybridized carbons (Fsp3) is 0.400. The number of fused-ring (bicyclic) bond motifs is 1. The normalized spacial score (nSPS) is 18.6. The maximum Gasteiger partial charge on any atom is 0.393 e. The SMILES string of the molecule is NCc1ccc(-c2cn3c(n2)CCC(C(F)(F)F)C3)cc1. The van der Waals surface area contributed by atoms with Crippen molar-refractivity contribution < 1.29 is 13.2 Å². The second-order valence-electron chi connectivity index (χ2n) is 5.37. The number of hydrogen-bond acceptors (Lipinski definition) is 2. The van der Waals surface area contributed by atoms with Crippen molar-refractivity contribution in [3.8, 4) is 11.3 Å². The molecule has 2 N–H and O–H groups in total. The van der Waals surface area contributed by atoms with Crippen LogP contribution in [0.1, 0.15) is 17.8 Å². The molecule has 0 saturated carbocycles. The summed E-state index contributed by atoms with van der Waals surface area (Å²) in [5.74, 6) is -0.542. The van der Waals surface area contributed by atoms with Crippen LogP contribution in [0.5, 0.6) is 0 Å². The summed E-state index contributed by atoms with van der Waals surface area (Å²) in [6.45, 7) is 0.431. The fourth-order valence-corrected chi connectivity index (χ4v) is 2.66. The summed E-state index contributed by atoms with van der Waals surface area (Å²) < 4.78 is 40.0. The smallest absolute Gasteiger partial charge is 0.334 e. The molecule has 0 radical (unpaired) electrons. The molecule has 1 atom stereocenters. The third-order valence-electron chi connectivity index (χ3n) is 3.94. The lowest BCUT2D eigenvalue weighted by atomic mass is 9.99. The van der Waals surface area contributed by atoms with Crippen LogP contribution in [-0.4, -0.2) is 15.7 Å². The molecule has 1 aromatic carbocycles. The van der Waals surface area contributed by atoms with Crippen LogP contribution in [0, 0.1) is 5.92 Å². The number of hydrogen-bond donors (Lipinski definition) is 1. The summed E-state index contributed by atoms with van der Waals surface area (Å²) in [7, 11) is 0. The largest absolute Gasteiger partial charge is 0.393 e. The molecule has 1 aromatic heterocycles. The molecule has 0 saturated heterocycles. The molecule has 21 heavy (non-hydrogen) atoms. The lowest BCUT2D eigenvalue weighted by Gasteiger charge is -2.25. The van der Waals surface area contributed by atoms with Crippen molar-refractivity contribution in [2.75, 3.05) is 0 Å². The first-order chi connectivity index (χ1) is 9.97. The Bertz CT molecular complexity index is 629. The van der Waals surface area contributed by atoms with Gasteiger partial charge in [-0.15, -0.1) is 0 Å². The van der Waals surface area contributed by atoms with E-state index in [0.717, 1.165) is 22.6 Å². The van der Waals surface area contributed by atoms with Crippen molar-refractivity contribution in [3.05, 3.63) is 41.9 Å². The van der Waals surface area contributed by atoms with Gasteiger partial charge in [0, 0.05) is 31.3 Å². The molecule has 0 amide bonds. The van der Waals surface area contributed by atoms with Crippen LogP contribution in [0.4, 0.5) is 13.2 Å².